The van der Waals surface area contributed by atoms with E-state index >= 15 is 0 Å². The average molecular weight is 257 g/mol. The Bertz CT molecular complexity index is 603. The van der Waals surface area contributed by atoms with E-state index in [1.807, 2.05) is 7.05 Å². The van der Waals surface area contributed by atoms with Crippen molar-refractivity contribution >= 4 is 0 Å². The summed E-state index contributed by atoms with van der Waals surface area (Å²) in [5.74, 6) is 0.746. The zero-order valence-corrected chi connectivity index (χ0v) is 11.4. The third-order valence-corrected chi connectivity index (χ3v) is 3.95. The maximum absolute atomic E-state index is 6.39. The van der Waals surface area contributed by atoms with Crippen molar-refractivity contribution in [1.29, 1.82) is 0 Å². The second kappa shape index (κ2) is 4.70. The number of aryl methyl sites for hydroxylation is 3. The van der Waals surface area contributed by atoms with Crippen LogP contribution in [-0.4, -0.2) is 16.9 Å². The number of hydrogen-bond donors (Lipinski definition) is 1. The Hall–Kier alpha value is -1.81. The zero-order chi connectivity index (χ0) is 13.4. The third-order valence-electron chi connectivity index (χ3n) is 3.95. The molecule has 2 N–H and O–H groups in total. The summed E-state index contributed by atoms with van der Waals surface area (Å²) >= 11 is 0. The van der Waals surface area contributed by atoms with Crippen molar-refractivity contribution in [3.8, 4) is 5.75 Å². The predicted octanol–water partition coefficient (Wildman–Crippen LogP) is 1.97. The van der Waals surface area contributed by atoms with Gasteiger partial charge < -0.3 is 10.5 Å². The van der Waals surface area contributed by atoms with Crippen LogP contribution in [0.25, 0.3) is 0 Å². The molecule has 0 radical (unpaired) electrons. The summed E-state index contributed by atoms with van der Waals surface area (Å²) in [6.07, 6.45) is 5.32. The number of nitrogens with two attached hydrogens (primary N) is 1. The normalized spacial score (nSPS) is 15.3. The molecular weight excluding hydrogens is 238 g/mol. The van der Waals surface area contributed by atoms with Gasteiger partial charge in [0, 0.05) is 7.05 Å². The Labute approximate surface area is 113 Å². The van der Waals surface area contributed by atoms with Gasteiger partial charge in [-0.1, -0.05) is 18.2 Å². The Morgan fingerprint density at radius 1 is 1.32 bits per heavy atom. The van der Waals surface area contributed by atoms with Crippen molar-refractivity contribution in [3.63, 3.8) is 0 Å². The fraction of sp³-hybridized carbons (Fsp3) is 0.400. The summed E-state index contributed by atoms with van der Waals surface area (Å²) in [6, 6.07) is 6.37. The van der Waals surface area contributed by atoms with E-state index in [4.69, 9.17) is 10.5 Å². The quantitative estimate of drug-likeness (QED) is 0.914. The Kier molecular flexibility index (Phi) is 3.03. The van der Waals surface area contributed by atoms with Gasteiger partial charge in [0.25, 0.3) is 0 Å². The van der Waals surface area contributed by atoms with Crippen LogP contribution in [0.3, 0.4) is 0 Å². The minimum Gasteiger partial charge on any atom is -0.493 e. The molecule has 0 amide bonds. The molecule has 0 spiro atoms. The molecule has 1 aromatic heterocycles. The average Bonchev–Trinajstić information content (AvgIpc) is 3.02. The van der Waals surface area contributed by atoms with E-state index in [0.717, 1.165) is 17.0 Å². The van der Waals surface area contributed by atoms with Crippen LogP contribution in [0.1, 0.15) is 34.8 Å². The molecule has 4 heteroatoms. The molecule has 0 saturated heterocycles. The molecule has 0 aliphatic heterocycles. The highest BCUT2D eigenvalue weighted by molar-refractivity contribution is 5.41. The lowest BCUT2D eigenvalue weighted by Gasteiger charge is -2.15. The van der Waals surface area contributed by atoms with E-state index in [1.54, 1.807) is 18.0 Å². The summed E-state index contributed by atoms with van der Waals surface area (Å²) in [7, 11) is 3.54. The van der Waals surface area contributed by atoms with E-state index in [1.165, 1.54) is 30.4 Å². The van der Waals surface area contributed by atoms with Crippen LogP contribution in [-0.2, 0) is 19.9 Å². The van der Waals surface area contributed by atoms with E-state index in [0.29, 0.717) is 0 Å². The minimum absolute atomic E-state index is 0.201. The van der Waals surface area contributed by atoms with Crippen molar-refractivity contribution < 1.29 is 4.74 Å². The van der Waals surface area contributed by atoms with E-state index < -0.39 is 0 Å². The number of aromatic nitrogens is 2. The Morgan fingerprint density at radius 2 is 2.11 bits per heavy atom. The molecule has 100 valence electrons. The molecule has 1 aliphatic rings. The van der Waals surface area contributed by atoms with Gasteiger partial charge in [-0.15, -0.1) is 0 Å². The summed E-state index contributed by atoms with van der Waals surface area (Å²) < 4.78 is 7.13. The van der Waals surface area contributed by atoms with Gasteiger partial charge in [0.05, 0.1) is 19.3 Å². The van der Waals surface area contributed by atoms with E-state index in [-0.39, 0.29) is 6.04 Å². The molecule has 0 saturated carbocycles. The minimum atomic E-state index is -0.201. The molecule has 3 rings (SSSR count). The van der Waals surface area contributed by atoms with Crippen LogP contribution in [0.5, 0.6) is 5.75 Å². The fourth-order valence-corrected chi connectivity index (χ4v) is 2.88. The summed E-state index contributed by atoms with van der Waals surface area (Å²) in [4.78, 5) is 0. The van der Waals surface area contributed by atoms with Crippen molar-refractivity contribution in [2.24, 2.45) is 12.8 Å². The molecule has 0 bridgehead atoms. The Balaban J connectivity index is 1.99. The van der Waals surface area contributed by atoms with E-state index in [9.17, 15) is 0 Å². The maximum Gasteiger partial charge on any atom is 0.161 e. The van der Waals surface area contributed by atoms with Gasteiger partial charge in [0.15, 0.2) is 5.75 Å². The lowest BCUT2D eigenvalue weighted by Crippen LogP contribution is -2.17. The number of methoxy groups -OCH3 is 1. The number of ether oxygens (including phenoxy) is 1. The van der Waals surface area contributed by atoms with Gasteiger partial charge in [0.1, 0.15) is 5.69 Å². The number of hydrogen-bond acceptors (Lipinski definition) is 3. The summed E-state index contributed by atoms with van der Waals surface area (Å²) in [6.45, 7) is 0. The second-order valence-electron chi connectivity index (χ2n) is 5.08. The lowest BCUT2D eigenvalue weighted by molar-refractivity contribution is 0.406. The highest BCUT2D eigenvalue weighted by Crippen LogP contribution is 2.30. The van der Waals surface area contributed by atoms with Crippen molar-refractivity contribution in [2.75, 3.05) is 7.11 Å². The molecule has 1 atom stereocenters. The van der Waals surface area contributed by atoms with Crippen LogP contribution >= 0.6 is 0 Å². The molecule has 1 heterocycles. The standard InChI is InChI=1S/C15H19N3O/c1-18-15(13(19-2)9-17-18)14(16)12-7-6-10-4-3-5-11(10)8-12/h6-9,14H,3-5,16H2,1-2H3. The van der Waals surface area contributed by atoms with Gasteiger partial charge in [0.2, 0.25) is 0 Å². The maximum atomic E-state index is 6.39. The van der Waals surface area contributed by atoms with Crippen LogP contribution in [0.15, 0.2) is 24.4 Å². The molecule has 0 fully saturated rings. The number of rotatable bonds is 3. The van der Waals surface area contributed by atoms with Gasteiger partial charge in [-0.2, -0.15) is 5.10 Å². The van der Waals surface area contributed by atoms with Crippen LogP contribution in [0, 0.1) is 0 Å². The van der Waals surface area contributed by atoms with Gasteiger partial charge in [-0.25, -0.2) is 0 Å². The topological polar surface area (TPSA) is 53.1 Å². The highest BCUT2D eigenvalue weighted by atomic mass is 16.5. The molecule has 4 nitrogen and oxygen atoms in total. The molecule has 1 aliphatic carbocycles. The first-order chi connectivity index (χ1) is 9.20. The van der Waals surface area contributed by atoms with E-state index in [2.05, 4.69) is 23.3 Å². The summed E-state index contributed by atoms with van der Waals surface area (Å²) in [5.41, 5.74) is 11.3. The SMILES string of the molecule is COc1cnn(C)c1C(N)c1ccc2c(c1)CCC2. The number of fused-ring (bicyclic) bond motifs is 1. The first-order valence-electron chi connectivity index (χ1n) is 6.64. The number of benzene rings is 1. The lowest BCUT2D eigenvalue weighted by atomic mass is 9.99. The van der Waals surface area contributed by atoms with Gasteiger partial charge in [-0.3, -0.25) is 4.68 Å². The van der Waals surface area contributed by atoms with Crippen molar-refractivity contribution in [1.82, 2.24) is 9.78 Å². The smallest absolute Gasteiger partial charge is 0.161 e. The fourth-order valence-electron chi connectivity index (χ4n) is 2.88. The largest absolute Gasteiger partial charge is 0.493 e. The highest BCUT2D eigenvalue weighted by Gasteiger charge is 2.20. The van der Waals surface area contributed by atoms with Crippen LogP contribution < -0.4 is 10.5 Å². The van der Waals surface area contributed by atoms with Crippen molar-refractivity contribution in [3.05, 3.63) is 46.8 Å². The molecule has 1 unspecified atom stereocenters. The van der Waals surface area contributed by atoms with Crippen LogP contribution in [0.2, 0.25) is 0 Å². The zero-order valence-electron chi connectivity index (χ0n) is 11.4. The first kappa shape index (κ1) is 12.2. The third kappa shape index (κ3) is 2.02. The number of nitrogens with zero attached hydrogens (tertiary/aromatic N) is 2. The molecule has 2 aromatic rings. The second-order valence-corrected chi connectivity index (χ2v) is 5.08. The first-order valence-corrected chi connectivity index (χ1v) is 6.64. The predicted molar refractivity (Wildman–Crippen MR) is 74.3 cm³/mol. The van der Waals surface area contributed by atoms with Gasteiger partial charge >= 0.3 is 0 Å². The molecular formula is C15H19N3O. The van der Waals surface area contributed by atoms with Gasteiger partial charge in [-0.05, 0) is 36.0 Å². The Morgan fingerprint density at radius 3 is 2.89 bits per heavy atom. The van der Waals surface area contributed by atoms with Crippen LogP contribution in [0.4, 0.5) is 0 Å². The monoisotopic (exact) mass is 257 g/mol. The van der Waals surface area contributed by atoms with Crippen molar-refractivity contribution in [2.45, 2.75) is 25.3 Å². The summed E-state index contributed by atoms with van der Waals surface area (Å²) in [5, 5.41) is 4.22. The molecule has 19 heavy (non-hydrogen) atoms. The molecule has 1 aromatic carbocycles.